The van der Waals surface area contributed by atoms with E-state index in [1.807, 2.05) is 19.9 Å². The molecule has 1 saturated heterocycles. The van der Waals surface area contributed by atoms with Gasteiger partial charge in [-0.3, -0.25) is 19.1 Å². The highest BCUT2D eigenvalue weighted by Gasteiger charge is 2.30. The number of halogens is 2. The molecular weight excluding hydrogens is 617 g/mol. The van der Waals surface area contributed by atoms with Gasteiger partial charge in [-0.25, -0.2) is 4.98 Å². The fourth-order valence-corrected chi connectivity index (χ4v) is 6.28. The number of carbonyl (C=O) groups excluding carboxylic acids is 1. The molecule has 3 aromatic rings. The molecule has 1 amide bonds. The minimum absolute atomic E-state index is 0.108. The van der Waals surface area contributed by atoms with Crippen molar-refractivity contribution >= 4 is 46.1 Å². The Bertz CT molecular complexity index is 1690. The molecule has 1 aromatic carbocycles. The zero-order valence-electron chi connectivity index (χ0n) is 26.7. The molecule has 1 fully saturated rings. The van der Waals surface area contributed by atoms with Crippen molar-refractivity contribution in [2.75, 3.05) is 59.3 Å². The normalized spacial score (nSPS) is 14.5. The van der Waals surface area contributed by atoms with Gasteiger partial charge < -0.3 is 19.7 Å². The summed E-state index contributed by atoms with van der Waals surface area (Å²) in [6.45, 7) is 11.3. The number of rotatable bonds is 10. The summed E-state index contributed by atoms with van der Waals surface area (Å²) in [4.78, 5) is 40.3. The highest BCUT2D eigenvalue weighted by atomic mass is 35.5. The van der Waals surface area contributed by atoms with Crippen molar-refractivity contribution in [1.82, 2.24) is 24.3 Å². The lowest BCUT2D eigenvalue weighted by Crippen LogP contribution is -2.51. The molecule has 0 bridgehead atoms. The second-order valence-corrected chi connectivity index (χ2v) is 12.9. The van der Waals surface area contributed by atoms with E-state index in [4.69, 9.17) is 32.7 Å². The first-order chi connectivity index (χ1) is 21.3. The molecule has 13 heteroatoms. The van der Waals surface area contributed by atoms with Gasteiger partial charge in [0.25, 0.3) is 11.5 Å². The van der Waals surface area contributed by atoms with E-state index < -0.39 is 5.41 Å². The standard InChI is InChI=1S/C32H39Cl2N7O4/c1-19(2)12-20(15-35)29(42)40-10-8-39(9-11-40)17-32(3,4)18-41-28-21(16-37-31(36-5)38-28)13-22(30(41)43)25-26(33)23(44-6)14-24(45-7)27(25)34/h12-14,16,19H,8-11,17-18H2,1-7H3,(H,36,37,38)/b20-12-. The Morgan fingerprint density at radius 2 is 1.73 bits per heavy atom. The molecule has 0 atom stereocenters. The van der Waals surface area contributed by atoms with E-state index in [-0.39, 0.29) is 38.6 Å². The summed E-state index contributed by atoms with van der Waals surface area (Å²) in [5.41, 5.74) is 0.487. The molecule has 0 unspecified atom stereocenters. The molecule has 4 rings (SSSR count). The molecule has 0 aliphatic carbocycles. The van der Waals surface area contributed by atoms with Crippen molar-refractivity contribution < 1.29 is 14.3 Å². The molecule has 1 aliphatic rings. The second kappa shape index (κ2) is 14.1. The maximum absolute atomic E-state index is 14.3. The molecule has 11 nitrogen and oxygen atoms in total. The van der Waals surface area contributed by atoms with Crippen molar-refractivity contribution in [2.45, 2.75) is 34.2 Å². The number of anilines is 1. The van der Waals surface area contributed by atoms with Crippen LogP contribution in [-0.4, -0.2) is 84.2 Å². The number of aromatic nitrogens is 3. The van der Waals surface area contributed by atoms with Crippen molar-refractivity contribution in [3.8, 4) is 28.7 Å². The summed E-state index contributed by atoms with van der Waals surface area (Å²) in [5, 5.41) is 13.4. The maximum atomic E-state index is 14.3. The third-order valence-electron chi connectivity index (χ3n) is 7.64. The number of benzene rings is 1. The number of methoxy groups -OCH3 is 2. The zero-order valence-corrected chi connectivity index (χ0v) is 28.2. The van der Waals surface area contributed by atoms with Gasteiger partial charge in [-0.05, 0) is 17.4 Å². The lowest BCUT2D eigenvalue weighted by molar-refractivity contribution is -0.128. The van der Waals surface area contributed by atoms with Gasteiger partial charge in [0.15, 0.2) is 0 Å². The Morgan fingerprint density at radius 3 is 2.27 bits per heavy atom. The number of fused-ring (bicyclic) bond motifs is 1. The SMILES string of the molecule is CNc1ncc2cc(-c3c(Cl)c(OC)cc(OC)c3Cl)c(=O)n(CC(C)(C)CN3CCN(C(=O)/C(C#N)=C\C(C)C)CC3)c2n1. The number of nitrogens with zero attached hydrogens (tertiary/aromatic N) is 6. The number of hydrogen-bond acceptors (Lipinski definition) is 9. The van der Waals surface area contributed by atoms with Gasteiger partial charge in [0, 0.05) is 69.5 Å². The Balaban J connectivity index is 1.69. The fraction of sp³-hybridized carbons (Fsp3) is 0.469. The Labute approximate surface area is 273 Å². The number of carbonyl (C=O) groups is 1. The van der Waals surface area contributed by atoms with Crippen LogP contribution in [0.25, 0.3) is 22.2 Å². The van der Waals surface area contributed by atoms with Crippen LogP contribution in [0.4, 0.5) is 5.95 Å². The zero-order chi connectivity index (χ0) is 33.1. The van der Waals surface area contributed by atoms with Gasteiger partial charge in [-0.15, -0.1) is 0 Å². The third-order valence-corrected chi connectivity index (χ3v) is 8.39. The van der Waals surface area contributed by atoms with Crippen LogP contribution in [0.1, 0.15) is 27.7 Å². The summed E-state index contributed by atoms with van der Waals surface area (Å²) in [7, 11) is 4.67. The van der Waals surface area contributed by atoms with E-state index in [1.165, 1.54) is 14.2 Å². The summed E-state index contributed by atoms with van der Waals surface area (Å²) in [6, 6.07) is 5.31. The smallest absolute Gasteiger partial charge is 0.264 e. The quantitative estimate of drug-likeness (QED) is 0.234. The first-order valence-electron chi connectivity index (χ1n) is 14.7. The molecular formula is C32H39Cl2N7O4. The number of allylic oxidation sites excluding steroid dienone is 1. The van der Waals surface area contributed by atoms with Crippen LogP contribution in [0, 0.1) is 22.7 Å². The predicted molar refractivity (Wildman–Crippen MR) is 177 cm³/mol. The molecule has 0 saturated carbocycles. The van der Waals surface area contributed by atoms with Crippen molar-refractivity contribution in [2.24, 2.45) is 11.3 Å². The number of hydrogen-bond donors (Lipinski definition) is 1. The Kier molecular flexibility index (Phi) is 10.6. The van der Waals surface area contributed by atoms with E-state index in [1.54, 1.807) is 40.9 Å². The number of amides is 1. The maximum Gasteiger partial charge on any atom is 0.264 e. The molecule has 1 aliphatic heterocycles. The van der Waals surface area contributed by atoms with E-state index in [2.05, 4.69) is 34.0 Å². The molecule has 0 spiro atoms. The summed E-state index contributed by atoms with van der Waals surface area (Å²) in [6.07, 6.45) is 3.36. The lowest BCUT2D eigenvalue weighted by atomic mass is 9.91. The van der Waals surface area contributed by atoms with Crippen LogP contribution in [0.5, 0.6) is 11.5 Å². The van der Waals surface area contributed by atoms with Gasteiger partial charge in [0.2, 0.25) is 5.95 Å². The van der Waals surface area contributed by atoms with Gasteiger partial charge in [0.1, 0.15) is 28.8 Å². The summed E-state index contributed by atoms with van der Waals surface area (Å²) < 4.78 is 12.5. The lowest BCUT2D eigenvalue weighted by Gasteiger charge is -2.39. The minimum atomic E-state index is -0.401. The molecule has 1 N–H and O–H groups in total. The Morgan fingerprint density at radius 1 is 1.11 bits per heavy atom. The number of ether oxygens (including phenoxy) is 2. The van der Waals surface area contributed by atoms with Crippen LogP contribution in [0.3, 0.4) is 0 Å². The first kappa shape index (κ1) is 34.0. The van der Waals surface area contributed by atoms with Gasteiger partial charge in [-0.1, -0.05) is 57.0 Å². The highest BCUT2D eigenvalue weighted by molar-refractivity contribution is 6.41. The van der Waals surface area contributed by atoms with Crippen LogP contribution < -0.4 is 20.3 Å². The van der Waals surface area contributed by atoms with Crippen LogP contribution in [0.2, 0.25) is 10.0 Å². The fourth-order valence-electron chi connectivity index (χ4n) is 5.58. The molecule has 0 radical (unpaired) electrons. The largest absolute Gasteiger partial charge is 0.495 e. The summed E-state index contributed by atoms with van der Waals surface area (Å²) >= 11 is 13.5. The van der Waals surface area contributed by atoms with E-state index in [0.29, 0.717) is 73.3 Å². The number of nitriles is 1. The van der Waals surface area contributed by atoms with Crippen LogP contribution in [0.15, 0.2) is 34.8 Å². The molecule has 2 aromatic heterocycles. The monoisotopic (exact) mass is 655 g/mol. The highest BCUT2D eigenvalue weighted by Crippen LogP contribution is 2.45. The van der Waals surface area contributed by atoms with Crippen molar-refractivity contribution in [3.05, 3.63) is 50.4 Å². The molecule has 45 heavy (non-hydrogen) atoms. The third kappa shape index (κ3) is 7.35. The average molecular weight is 657 g/mol. The Hall–Kier alpha value is -3.85. The van der Waals surface area contributed by atoms with Crippen molar-refractivity contribution in [1.29, 1.82) is 5.26 Å². The van der Waals surface area contributed by atoms with Gasteiger partial charge in [0.05, 0.1) is 29.8 Å². The number of pyridine rings is 1. The predicted octanol–water partition coefficient (Wildman–Crippen LogP) is 5.10. The van der Waals surface area contributed by atoms with Gasteiger partial charge in [-0.2, -0.15) is 10.2 Å². The van der Waals surface area contributed by atoms with Crippen molar-refractivity contribution in [3.63, 3.8) is 0 Å². The number of piperazine rings is 1. The molecule has 3 heterocycles. The van der Waals surface area contributed by atoms with E-state index in [9.17, 15) is 14.9 Å². The average Bonchev–Trinajstić information content (AvgIpc) is 3.01. The molecule has 240 valence electrons. The van der Waals surface area contributed by atoms with Gasteiger partial charge >= 0.3 is 0 Å². The second-order valence-electron chi connectivity index (χ2n) is 12.1. The topological polar surface area (TPSA) is 126 Å². The number of nitrogens with one attached hydrogen (secondary N) is 1. The van der Waals surface area contributed by atoms with E-state index in [0.717, 1.165) is 0 Å². The van der Waals surface area contributed by atoms with Crippen LogP contribution in [-0.2, 0) is 11.3 Å². The minimum Gasteiger partial charge on any atom is -0.495 e. The summed E-state index contributed by atoms with van der Waals surface area (Å²) in [5.74, 6) is 0.896. The van der Waals surface area contributed by atoms with E-state index >= 15 is 0 Å². The first-order valence-corrected chi connectivity index (χ1v) is 15.4. The van der Waals surface area contributed by atoms with Crippen LogP contribution >= 0.6 is 23.2 Å².